The van der Waals surface area contributed by atoms with Crippen molar-refractivity contribution in [1.29, 1.82) is 0 Å². The maximum absolute atomic E-state index is 6.23. The Morgan fingerprint density at radius 1 is 0.534 bits per heavy atom. The minimum absolute atomic E-state index is 0.242. The maximum atomic E-state index is 6.23. The van der Waals surface area contributed by atoms with Gasteiger partial charge in [0.1, 0.15) is 84.4 Å². The number of halogens is 3. The monoisotopic (exact) mass is 837 g/mol. The summed E-state index contributed by atoms with van der Waals surface area (Å²) in [4.78, 5) is 16.6. The molecule has 8 aromatic rings. The smallest absolute Gasteiger partial charge is 0.163 e. The number of hydrogen-bond acceptors (Lipinski definition) is 11. The number of nitrogens with two attached hydrogens (primary N) is 1. The van der Waals surface area contributed by atoms with Crippen LogP contribution in [-0.4, -0.2) is 39.5 Å². The van der Waals surface area contributed by atoms with E-state index in [2.05, 4.69) is 30.1 Å². The molecule has 296 valence electrons. The number of fused-ring (bicyclic) bond motifs is 2. The first-order valence-electron chi connectivity index (χ1n) is 18.0. The summed E-state index contributed by atoms with van der Waals surface area (Å²) in [6.07, 6.45) is 2.85. The first-order valence-corrected chi connectivity index (χ1v) is 19.1. The number of aromatic nitrogens is 8. The van der Waals surface area contributed by atoms with Crippen LogP contribution in [-0.2, 0) is 40.5 Å². The second-order valence-corrected chi connectivity index (χ2v) is 14.5. The summed E-state index contributed by atoms with van der Waals surface area (Å²) in [5.41, 5.74) is 12.8. The molecular weight excluding hydrogens is 801 g/mol. The number of nitrogen functional groups attached to an aromatic ring is 1. The topological polar surface area (TPSA) is 150 Å². The lowest BCUT2D eigenvalue weighted by Crippen LogP contribution is -2.01. The normalized spacial score (nSPS) is 11.0. The lowest BCUT2D eigenvalue weighted by Gasteiger charge is -2.12. The predicted molar refractivity (Wildman–Crippen MR) is 225 cm³/mol. The average molecular weight is 839 g/mol. The molecule has 0 radical (unpaired) electrons. The van der Waals surface area contributed by atoms with E-state index in [1.165, 1.54) is 12.7 Å². The summed E-state index contributed by atoms with van der Waals surface area (Å²) < 4.78 is 27.2. The second-order valence-electron chi connectivity index (χ2n) is 13.2. The van der Waals surface area contributed by atoms with E-state index in [-0.39, 0.29) is 13.2 Å². The van der Waals surface area contributed by atoms with Crippen molar-refractivity contribution in [3.05, 3.63) is 146 Å². The summed E-state index contributed by atoms with van der Waals surface area (Å²) in [6.45, 7) is 5.33. The molecule has 0 aliphatic carbocycles. The van der Waals surface area contributed by atoms with Gasteiger partial charge in [0.25, 0.3) is 0 Å². The molecule has 0 spiro atoms. The van der Waals surface area contributed by atoms with Gasteiger partial charge in [-0.2, -0.15) is 10.2 Å². The third-order valence-electron chi connectivity index (χ3n) is 9.05. The lowest BCUT2D eigenvalue weighted by atomic mass is 10.2. The van der Waals surface area contributed by atoms with Gasteiger partial charge in [-0.3, -0.25) is 0 Å². The second kappa shape index (κ2) is 18.0. The molecule has 0 atom stereocenters. The molecule has 13 nitrogen and oxygen atoms in total. The molecule has 4 aromatic carbocycles. The highest BCUT2D eigenvalue weighted by molar-refractivity contribution is 6.34. The Hall–Kier alpha value is -6.15. The number of nitrogens with zero attached hydrogens (tertiary/aromatic N) is 8. The Balaban J connectivity index is 0.000000177. The molecule has 8 rings (SSSR count). The third-order valence-corrected chi connectivity index (χ3v) is 9.85. The molecule has 0 saturated heterocycles. The fourth-order valence-corrected chi connectivity index (χ4v) is 6.45. The van der Waals surface area contributed by atoms with Crippen LogP contribution in [0.2, 0.25) is 15.2 Å². The predicted octanol–water partition coefficient (Wildman–Crippen LogP) is 9.20. The molecule has 4 heterocycles. The van der Waals surface area contributed by atoms with Crippen LogP contribution < -0.4 is 24.7 Å². The number of rotatable bonds is 12. The minimum atomic E-state index is 0.242. The fourth-order valence-electron chi connectivity index (χ4n) is 5.96. The highest BCUT2D eigenvalue weighted by atomic mass is 35.5. The highest BCUT2D eigenvalue weighted by Crippen LogP contribution is 2.30. The Labute approximate surface area is 349 Å². The lowest BCUT2D eigenvalue weighted by molar-refractivity contribution is 0.286. The summed E-state index contributed by atoms with van der Waals surface area (Å²) in [6, 6.07) is 26.6. The summed E-state index contributed by atoms with van der Waals surface area (Å²) in [7, 11) is 3.63. The number of ether oxygens (including phenoxy) is 4. The van der Waals surface area contributed by atoms with Crippen molar-refractivity contribution in [2.24, 2.45) is 14.1 Å². The van der Waals surface area contributed by atoms with Crippen LogP contribution >= 0.6 is 34.8 Å². The van der Waals surface area contributed by atoms with Gasteiger partial charge < -0.3 is 24.7 Å². The summed E-state index contributed by atoms with van der Waals surface area (Å²) in [5.74, 6) is 3.25. The Morgan fingerprint density at radius 2 is 0.983 bits per heavy atom. The van der Waals surface area contributed by atoms with Crippen molar-refractivity contribution in [2.75, 3.05) is 5.73 Å². The zero-order valence-corrected chi connectivity index (χ0v) is 34.3. The maximum Gasteiger partial charge on any atom is 0.163 e. The van der Waals surface area contributed by atoms with Gasteiger partial charge in [-0.1, -0.05) is 71.2 Å². The van der Waals surface area contributed by atoms with Crippen LogP contribution in [0.1, 0.15) is 33.6 Å². The molecule has 0 unspecified atom stereocenters. The Morgan fingerprint density at radius 3 is 1.48 bits per heavy atom. The number of benzene rings is 4. The van der Waals surface area contributed by atoms with Crippen molar-refractivity contribution >= 4 is 62.7 Å². The quantitative estimate of drug-likeness (QED) is 0.117. The molecule has 0 fully saturated rings. The van der Waals surface area contributed by atoms with Gasteiger partial charge in [0.05, 0.1) is 10.8 Å². The number of anilines is 1. The summed E-state index contributed by atoms with van der Waals surface area (Å²) in [5, 5.41) is 12.1. The van der Waals surface area contributed by atoms with Gasteiger partial charge in [0, 0.05) is 36.3 Å². The van der Waals surface area contributed by atoms with Crippen LogP contribution in [0.3, 0.4) is 0 Å². The van der Waals surface area contributed by atoms with Crippen molar-refractivity contribution in [3.63, 3.8) is 0 Å². The molecule has 58 heavy (non-hydrogen) atoms. The van der Waals surface area contributed by atoms with Crippen LogP contribution in [0, 0.1) is 13.8 Å². The molecule has 2 N–H and O–H groups in total. The van der Waals surface area contributed by atoms with Gasteiger partial charge in [0.15, 0.2) is 11.3 Å². The van der Waals surface area contributed by atoms with Gasteiger partial charge >= 0.3 is 0 Å². The van der Waals surface area contributed by atoms with Crippen molar-refractivity contribution in [3.8, 4) is 23.0 Å². The highest BCUT2D eigenvalue weighted by Gasteiger charge is 2.17. The van der Waals surface area contributed by atoms with Gasteiger partial charge in [-0.25, -0.2) is 29.3 Å². The van der Waals surface area contributed by atoms with E-state index in [0.29, 0.717) is 90.7 Å². The third kappa shape index (κ3) is 9.51. The zero-order valence-electron chi connectivity index (χ0n) is 32.0. The first-order chi connectivity index (χ1) is 28.0. The van der Waals surface area contributed by atoms with E-state index in [0.717, 1.165) is 22.3 Å². The van der Waals surface area contributed by atoms with E-state index in [1.807, 2.05) is 113 Å². The van der Waals surface area contributed by atoms with Crippen LogP contribution in [0.5, 0.6) is 23.0 Å². The van der Waals surface area contributed by atoms with E-state index in [9.17, 15) is 0 Å². The average Bonchev–Trinajstić information content (AvgIpc) is 3.73. The van der Waals surface area contributed by atoms with Gasteiger partial charge in [-0.15, -0.1) is 0 Å². The van der Waals surface area contributed by atoms with Gasteiger partial charge in [-0.05, 0) is 72.5 Å². The molecule has 0 saturated carbocycles. The van der Waals surface area contributed by atoms with E-state index >= 15 is 0 Å². The molecule has 0 aliphatic heterocycles. The Bertz CT molecular complexity index is 2500. The number of hydrogen-bond donors (Lipinski definition) is 1. The van der Waals surface area contributed by atoms with E-state index in [4.69, 9.17) is 59.5 Å². The molecule has 0 amide bonds. The fraction of sp³-hybridized carbons (Fsp3) is 0.190. The standard InChI is InChI=1S/C21H18Cl2N4O2.C21H20ClN5O2/c2*1-13-3-8-16(28-10-14-4-6-15(22)7-5-14)9-18(13)29-11-17-19-20(23)24-12-25-21(19)27(2)26-17/h3-9,12H,10-11H2,1-2H3;3-9,12H,10-11H2,1-2H3,(H2,23,24,25). The molecule has 0 bridgehead atoms. The first kappa shape index (κ1) is 40.1. The molecule has 4 aromatic heterocycles. The number of aryl methyl sites for hydroxylation is 4. The van der Waals surface area contributed by atoms with Crippen LogP contribution in [0.4, 0.5) is 5.82 Å². The van der Waals surface area contributed by atoms with Gasteiger partial charge in [0.2, 0.25) is 0 Å². The molecule has 16 heteroatoms. The minimum Gasteiger partial charge on any atom is -0.489 e. The zero-order chi connectivity index (χ0) is 40.8. The molecule has 0 aliphatic rings. The van der Waals surface area contributed by atoms with Crippen molar-refractivity contribution < 1.29 is 18.9 Å². The van der Waals surface area contributed by atoms with Crippen molar-refractivity contribution in [2.45, 2.75) is 40.3 Å². The van der Waals surface area contributed by atoms with E-state index < -0.39 is 0 Å². The van der Waals surface area contributed by atoms with Crippen LogP contribution in [0.25, 0.3) is 22.1 Å². The van der Waals surface area contributed by atoms with E-state index in [1.54, 1.807) is 9.36 Å². The Kier molecular flexibility index (Phi) is 12.4. The SMILES string of the molecule is Cc1ccc(OCc2ccc(Cl)cc2)cc1OCc1nn(C)c2ncnc(Cl)c12.Cc1ccc(OCc2ccc(Cl)cc2)cc1OCc1nn(C)c2ncnc(N)c12. The molecular formula is C42H38Cl3N9O4. The summed E-state index contributed by atoms with van der Waals surface area (Å²) >= 11 is 18.1. The largest absolute Gasteiger partial charge is 0.489 e. The van der Waals surface area contributed by atoms with Crippen LogP contribution in [0.15, 0.2) is 97.6 Å². The van der Waals surface area contributed by atoms with Crippen molar-refractivity contribution in [1.82, 2.24) is 39.5 Å².